The van der Waals surface area contributed by atoms with Gasteiger partial charge in [0.15, 0.2) is 0 Å². The average molecular weight is 285 g/mol. The molecule has 1 unspecified atom stereocenters. The average Bonchev–Trinajstić information content (AvgIpc) is 2.91. The molecule has 104 valence electrons. The summed E-state index contributed by atoms with van der Waals surface area (Å²) in [6.07, 6.45) is 3.23. The first kappa shape index (κ1) is 14.3. The highest BCUT2D eigenvalue weighted by Gasteiger charge is 2.19. The minimum Gasteiger partial charge on any atom is -0.342 e. The monoisotopic (exact) mass is 284 g/mol. The molecule has 0 saturated carbocycles. The van der Waals surface area contributed by atoms with Gasteiger partial charge >= 0.3 is 0 Å². The fourth-order valence-corrected chi connectivity index (χ4v) is 2.49. The zero-order valence-corrected chi connectivity index (χ0v) is 11.7. The summed E-state index contributed by atoms with van der Waals surface area (Å²) in [6, 6.07) is 4.51. The SMILES string of the molecule is CN(CCC1CCCN1)C(=O)c1cc(Cl)ccc1F. The first-order valence-corrected chi connectivity index (χ1v) is 6.89. The molecule has 0 aromatic heterocycles. The van der Waals surface area contributed by atoms with Crippen molar-refractivity contribution in [1.29, 1.82) is 0 Å². The van der Waals surface area contributed by atoms with E-state index in [1.165, 1.54) is 24.6 Å². The van der Waals surface area contributed by atoms with Gasteiger partial charge in [0.2, 0.25) is 0 Å². The van der Waals surface area contributed by atoms with Crippen molar-refractivity contribution in [2.75, 3.05) is 20.1 Å². The highest BCUT2D eigenvalue weighted by molar-refractivity contribution is 6.30. The second-order valence-corrected chi connectivity index (χ2v) is 5.37. The van der Waals surface area contributed by atoms with Crippen molar-refractivity contribution in [3.8, 4) is 0 Å². The van der Waals surface area contributed by atoms with Gasteiger partial charge in [-0.2, -0.15) is 0 Å². The smallest absolute Gasteiger partial charge is 0.256 e. The van der Waals surface area contributed by atoms with Crippen LogP contribution in [0.4, 0.5) is 4.39 Å². The zero-order valence-electron chi connectivity index (χ0n) is 11.0. The Kier molecular flexibility index (Phi) is 4.77. The van der Waals surface area contributed by atoms with Crippen LogP contribution in [-0.4, -0.2) is 37.0 Å². The fourth-order valence-electron chi connectivity index (χ4n) is 2.32. The number of hydrogen-bond donors (Lipinski definition) is 1. The van der Waals surface area contributed by atoms with Gasteiger partial charge in [0.1, 0.15) is 5.82 Å². The molecule has 1 atom stereocenters. The van der Waals surface area contributed by atoms with Crippen molar-refractivity contribution in [2.45, 2.75) is 25.3 Å². The first-order valence-electron chi connectivity index (χ1n) is 6.52. The predicted molar refractivity (Wildman–Crippen MR) is 74.0 cm³/mol. The number of rotatable bonds is 4. The van der Waals surface area contributed by atoms with Gasteiger partial charge in [0.25, 0.3) is 5.91 Å². The molecule has 0 aliphatic carbocycles. The Bertz CT molecular complexity index is 461. The lowest BCUT2D eigenvalue weighted by molar-refractivity contribution is 0.0785. The lowest BCUT2D eigenvalue weighted by atomic mass is 10.1. The van der Waals surface area contributed by atoms with Crippen molar-refractivity contribution in [1.82, 2.24) is 10.2 Å². The molecule has 1 fully saturated rings. The summed E-state index contributed by atoms with van der Waals surface area (Å²) in [4.78, 5) is 13.7. The number of carbonyl (C=O) groups is 1. The molecule has 1 heterocycles. The van der Waals surface area contributed by atoms with Crippen molar-refractivity contribution in [3.63, 3.8) is 0 Å². The molecular weight excluding hydrogens is 267 g/mol. The van der Waals surface area contributed by atoms with Gasteiger partial charge in [-0.1, -0.05) is 11.6 Å². The summed E-state index contributed by atoms with van der Waals surface area (Å²) in [6.45, 7) is 1.66. The summed E-state index contributed by atoms with van der Waals surface area (Å²) in [7, 11) is 1.69. The van der Waals surface area contributed by atoms with E-state index in [1.54, 1.807) is 11.9 Å². The number of hydrogen-bond acceptors (Lipinski definition) is 2. The molecule has 1 saturated heterocycles. The summed E-state index contributed by atoms with van der Waals surface area (Å²) in [5.74, 6) is -0.849. The van der Waals surface area contributed by atoms with Crippen LogP contribution in [0.25, 0.3) is 0 Å². The van der Waals surface area contributed by atoms with Crippen LogP contribution >= 0.6 is 11.6 Å². The summed E-state index contributed by atoms with van der Waals surface area (Å²) < 4.78 is 13.6. The van der Waals surface area contributed by atoms with E-state index in [0.29, 0.717) is 17.6 Å². The maximum atomic E-state index is 13.6. The van der Waals surface area contributed by atoms with E-state index >= 15 is 0 Å². The second-order valence-electron chi connectivity index (χ2n) is 4.93. The van der Waals surface area contributed by atoms with Gasteiger partial charge in [-0.25, -0.2) is 4.39 Å². The van der Waals surface area contributed by atoms with Crippen LogP contribution in [-0.2, 0) is 0 Å². The van der Waals surface area contributed by atoms with E-state index in [9.17, 15) is 9.18 Å². The first-order chi connectivity index (χ1) is 9.08. The normalized spacial score (nSPS) is 18.6. The Hall–Kier alpha value is -1.13. The van der Waals surface area contributed by atoms with Crippen molar-refractivity contribution in [2.24, 2.45) is 0 Å². The van der Waals surface area contributed by atoms with Gasteiger partial charge in [0, 0.05) is 24.7 Å². The van der Waals surface area contributed by atoms with Gasteiger partial charge in [0.05, 0.1) is 5.56 Å². The fraction of sp³-hybridized carbons (Fsp3) is 0.500. The maximum absolute atomic E-state index is 13.6. The summed E-state index contributed by atoms with van der Waals surface area (Å²) >= 11 is 5.80. The zero-order chi connectivity index (χ0) is 13.8. The van der Waals surface area contributed by atoms with E-state index in [0.717, 1.165) is 19.4 Å². The molecule has 1 N–H and O–H groups in total. The molecule has 5 heteroatoms. The highest BCUT2D eigenvalue weighted by atomic mass is 35.5. The third-order valence-corrected chi connectivity index (χ3v) is 3.72. The third kappa shape index (κ3) is 3.67. The minimum atomic E-state index is -0.528. The van der Waals surface area contributed by atoms with Crippen LogP contribution in [0.15, 0.2) is 18.2 Å². The third-order valence-electron chi connectivity index (χ3n) is 3.48. The van der Waals surface area contributed by atoms with E-state index in [2.05, 4.69) is 5.32 Å². The lowest BCUT2D eigenvalue weighted by Crippen LogP contribution is -2.32. The minimum absolute atomic E-state index is 0.0365. The Labute approximate surface area is 117 Å². The van der Waals surface area contributed by atoms with Crippen LogP contribution in [0.5, 0.6) is 0 Å². The second kappa shape index (κ2) is 6.35. The highest BCUT2D eigenvalue weighted by Crippen LogP contribution is 2.17. The predicted octanol–water partition coefficient (Wildman–Crippen LogP) is 2.69. The molecule has 19 heavy (non-hydrogen) atoms. The number of halogens is 2. The quantitative estimate of drug-likeness (QED) is 0.922. The van der Waals surface area contributed by atoms with Gasteiger partial charge in [-0.15, -0.1) is 0 Å². The van der Waals surface area contributed by atoms with Crippen LogP contribution in [0, 0.1) is 5.82 Å². The molecule has 2 rings (SSSR count). The van der Waals surface area contributed by atoms with E-state index < -0.39 is 5.82 Å². The molecule has 3 nitrogen and oxygen atoms in total. The molecule has 0 bridgehead atoms. The van der Waals surface area contributed by atoms with E-state index in [-0.39, 0.29) is 11.5 Å². The van der Waals surface area contributed by atoms with Crippen LogP contribution in [0.1, 0.15) is 29.6 Å². The molecular formula is C14H18ClFN2O. The Morgan fingerprint density at radius 1 is 1.58 bits per heavy atom. The van der Waals surface area contributed by atoms with Gasteiger partial charge < -0.3 is 10.2 Å². The maximum Gasteiger partial charge on any atom is 0.256 e. The van der Waals surface area contributed by atoms with Gasteiger partial charge in [-0.3, -0.25) is 4.79 Å². The summed E-state index contributed by atoms with van der Waals surface area (Å²) in [5.41, 5.74) is 0.0365. The van der Waals surface area contributed by atoms with Crippen molar-refractivity contribution >= 4 is 17.5 Å². The number of nitrogens with one attached hydrogen (secondary N) is 1. The lowest BCUT2D eigenvalue weighted by Gasteiger charge is -2.20. The number of amides is 1. The molecule has 1 aliphatic rings. The van der Waals surface area contributed by atoms with Crippen LogP contribution < -0.4 is 5.32 Å². The summed E-state index contributed by atoms with van der Waals surface area (Å²) in [5, 5.41) is 3.75. The van der Waals surface area contributed by atoms with E-state index in [4.69, 9.17) is 11.6 Å². The molecule has 1 aliphatic heterocycles. The van der Waals surface area contributed by atoms with Gasteiger partial charge in [-0.05, 0) is 44.0 Å². The number of benzene rings is 1. The Balaban J connectivity index is 1.95. The number of carbonyl (C=O) groups excluding carboxylic acids is 1. The van der Waals surface area contributed by atoms with E-state index in [1.807, 2.05) is 0 Å². The molecule has 0 radical (unpaired) electrons. The largest absolute Gasteiger partial charge is 0.342 e. The standard InChI is InChI=1S/C14H18ClFN2O/c1-18(8-6-11-3-2-7-17-11)14(19)12-9-10(15)4-5-13(12)16/h4-5,9,11,17H,2-3,6-8H2,1H3. The molecule has 1 amide bonds. The number of nitrogens with zero attached hydrogens (tertiary/aromatic N) is 1. The topological polar surface area (TPSA) is 32.3 Å². The van der Waals surface area contributed by atoms with Crippen LogP contribution in [0.3, 0.4) is 0 Å². The van der Waals surface area contributed by atoms with Crippen LogP contribution in [0.2, 0.25) is 5.02 Å². The Morgan fingerprint density at radius 2 is 2.37 bits per heavy atom. The van der Waals surface area contributed by atoms with Crippen molar-refractivity contribution in [3.05, 3.63) is 34.6 Å². The Morgan fingerprint density at radius 3 is 3.05 bits per heavy atom. The molecule has 1 aromatic carbocycles. The molecule has 0 spiro atoms. The molecule has 1 aromatic rings. The van der Waals surface area contributed by atoms with Crippen molar-refractivity contribution < 1.29 is 9.18 Å².